The number of hydrogen-bond acceptors (Lipinski definition) is 5. The van der Waals surface area contributed by atoms with Crippen molar-refractivity contribution in [1.82, 2.24) is 0 Å². The van der Waals surface area contributed by atoms with Crippen molar-refractivity contribution < 1.29 is 24.1 Å². The van der Waals surface area contributed by atoms with E-state index in [1.165, 1.54) is 51.4 Å². The van der Waals surface area contributed by atoms with Crippen LogP contribution in [0.25, 0.3) is 0 Å². The van der Waals surface area contributed by atoms with Crippen molar-refractivity contribution in [2.45, 2.75) is 147 Å². The minimum atomic E-state index is -0.556. The van der Waals surface area contributed by atoms with Crippen LogP contribution in [0, 0.1) is 0 Å². The van der Waals surface area contributed by atoms with Gasteiger partial charge < -0.3 is 19.3 Å². The SMILES string of the molecule is CCCCCCCCCC[C@H]1OC(C)(C)O[C@@H]1CC/C=C\CC[C@H](O)[C@H]1CCC(=O)O1. The first-order valence-corrected chi connectivity index (χ1v) is 12.8. The number of unbranched alkanes of at least 4 members (excludes halogenated alkanes) is 7. The van der Waals surface area contributed by atoms with Crippen LogP contribution in [0.15, 0.2) is 12.2 Å². The van der Waals surface area contributed by atoms with Gasteiger partial charge in [0.1, 0.15) is 6.10 Å². The van der Waals surface area contributed by atoms with Crippen molar-refractivity contribution in [3.05, 3.63) is 12.2 Å². The van der Waals surface area contributed by atoms with E-state index in [4.69, 9.17) is 14.2 Å². The van der Waals surface area contributed by atoms with Crippen LogP contribution in [0.1, 0.15) is 117 Å². The number of cyclic esters (lactones) is 1. The summed E-state index contributed by atoms with van der Waals surface area (Å²) < 4.78 is 17.5. The lowest BCUT2D eigenvalue weighted by Gasteiger charge is -2.16. The first kappa shape index (κ1) is 26.3. The lowest BCUT2D eigenvalue weighted by atomic mass is 10.0. The Kier molecular flexibility index (Phi) is 12.1. The van der Waals surface area contributed by atoms with Crippen molar-refractivity contribution in [3.8, 4) is 0 Å². The van der Waals surface area contributed by atoms with Crippen LogP contribution in [0.2, 0.25) is 0 Å². The predicted molar refractivity (Wildman–Crippen MR) is 124 cm³/mol. The molecule has 0 aromatic carbocycles. The third-order valence-electron chi connectivity index (χ3n) is 6.39. The van der Waals surface area contributed by atoms with Crippen LogP contribution in [0.4, 0.5) is 0 Å². The Labute approximate surface area is 189 Å². The summed E-state index contributed by atoms with van der Waals surface area (Å²) >= 11 is 0. The molecule has 0 bridgehead atoms. The van der Waals surface area contributed by atoms with Gasteiger partial charge in [-0.05, 0) is 52.4 Å². The average Bonchev–Trinajstić information content (AvgIpc) is 3.28. The van der Waals surface area contributed by atoms with Gasteiger partial charge in [-0.2, -0.15) is 0 Å². The molecule has 0 spiro atoms. The number of esters is 1. The number of rotatable bonds is 16. The van der Waals surface area contributed by atoms with E-state index in [2.05, 4.69) is 19.1 Å². The van der Waals surface area contributed by atoms with E-state index in [0.29, 0.717) is 19.3 Å². The molecule has 0 saturated carbocycles. The molecule has 2 heterocycles. The average molecular weight is 439 g/mol. The molecular formula is C26H46O5. The van der Waals surface area contributed by atoms with Crippen molar-refractivity contribution in [3.63, 3.8) is 0 Å². The standard InChI is InChI=1S/C26H46O5/c1-4-5-6-7-8-9-10-14-17-23-24(31-26(2,3)30-23)18-15-12-11-13-16-21(27)22-19-20-25(28)29-22/h11-12,21-24,27H,4-10,13-20H2,1-3H3/b12-11-/t21-,22+,23+,24+/m0/s1. The topological polar surface area (TPSA) is 65.0 Å². The Balaban J connectivity index is 1.57. The highest BCUT2D eigenvalue weighted by Gasteiger charge is 2.40. The molecule has 5 nitrogen and oxygen atoms in total. The van der Waals surface area contributed by atoms with Gasteiger partial charge in [-0.3, -0.25) is 4.79 Å². The molecule has 180 valence electrons. The second-order valence-electron chi connectivity index (χ2n) is 9.74. The first-order valence-electron chi connectivity index (χ1n) is 12.8. The van der Waals surface area contributed by atoms with Gasteiger partial charge in [0.05, 0.1) is 18.3 Å². The number of hydrogen-bond donors (Lipinski definition) is 1. The Bertz CT molecular complexity index is 530. The maximum atomic E-state index is 11.1. The van der Waals surface area contributed by atoms with Gasteiger partial charge in [0.15, 0.2) is 5.79 Å². The Morgan fingerprint density at radius 2 is 1.58 bits per heavy atom. The highest BCUT2D eigenvalue weighted by molar-refractivity contribution is 5.71. The van der Waals surface area contributed by atoms with Crippen molar-refractivity contribution in [2.75, 3.05) is 0 Å². The normalized spacial score (nSPS) is 26.6. The summed E-state index contributed by atoms with van der Waals surface area (Å²) in [4.78, 5) is 11.1. The highest BCUT2D eigenvalue weighted by atomic mass is 16.7. The lowest BCUT2D eigenvalue weighted by Crippen LogP contribution is -2.25. The Morgan fingerprint density at radius 1 is 0.968 bits per heavy atom. The number of carbonyl (C=O) groups excluding carboxylic acids is 1. The number of aliphatic hydroxyl groups is 1. The van der Waals surface area contributed by atoms with Crippen molar-refractivity contribution >= 4 is 5.97 Å². The Hall–Kier alpha value is -0.910. The molecule has 0 aliphatic carbocycles. The van der Waals surface area contributed by atoms with E-state index in [9.17, 15) is 9.90 Å². The largest absolute Gasteiger partial charge is 0.460 e. The maximum Gasteiger partial charge on any atom is 0.306 e. The summed E-state index contributed by atoms with van der Waals surface area (Å²) in [5.74, 6) is -0.676. The van der Waals surface area contributed by atoms with Crippen LogP contribution in [0.5, 0.6) is 0 Å². The van der Waals surface area contributed by atoms with Crippen LogP contribution in [-0.4, -0.2) is 41.3 Å². The van der Waals surface area contributed by atoms with E-state index in [1.807, 2.05) is 13.8 Å². The number of allylic oxidation sites excluding steroid dienone is 2. The molecule has 5 heteroatoms. The van der Waals surface area contributed by atoms with Gasteiger partial charge in [0.2, 0.25) is 0 Å². The molecule has 2 aliphatic rings. The molecular weight excluding hydrogens is 392 g/mol. The van der Waals surface area contributed by atoms with E-state index < -0.39 is 11.9 Å². The highest BCUT2D eigenvalue weighted by Crippen LogP contribution is 2.33. The van der Waals surface area contributed by atoms with E-state index in [0.717, 1.165) is 25.7 Å². The third kappa shape index (κ3) is 10.5. The second-order valence-corrected chi connectivity index (χ2v) is 9.74. The summed E-state index contributed by atoms with van der Waals surface area (Å²) in [7, 11) is 0. The van der Waals surface area contributed by atoms with Crippen LogP contribution < -0.4 is 0 Å². The van der Waals surface area contributed by atoms with Crippen LogP contribution in [0.3, 0.4) is 0 Å². The van der Waals surface area contributed by atoms with Gasteiger partial charge in [-0.15, -0.1) is 0 Å². The van der Waals surface area contributed by atoms with Crippen molar-refractivity contribution in [2.24, 2.45) is 0 Å². The minimum Gasteiger partial charge on any atom is -0.460 e. The molecule has 0 amide bonds. The zero-order valence-electron chi connectivity index (χ0n) is 20.2. The summed E-state index contributed by atoms with van der Waals surface area (Å²) in [6, 6.07) is 0. The summed E-state index contributed by atoms with van der Waals surface area (Å²) in [5.41, 5.74) is 0. The monoisotopic (exact) mass is 438 g/mol. The number of aliphatic hydroxyl groups excluding tert-OH is 1. The Morgan fingerprint density at radius 3 is 2.23 bits per heavy atom. The molecule has 0 unspecified atom stereocenters. The minimum absolute atomic E-state index is 0.160. The molecule has 2 rings (SSSR count). The maximum absolute atomic E-state index is 11.1. The van der Waals surface area contributed by atoms with Crippen molar-refractivity contribution in [1.29, 1.82) is 0 Å². The fraction of sp³-hybridized carbons (Fsp3) is 0.885. The molecule has 0 aromatic heterocycles. The molecule has 31 heavy (non-hydrogen) atoms. The fourth-order valence-corrected chi connectivity index (χ4v) is 4.64. The number of ether oxygens (including phenoxy) is 3. The smallest absolute Gasteiger partial charge is 0.306 e. The van der Waals surface area contributed by atoms with Gasteiger partial charge >= 0.3 is 5.97 Å². The molecule has 2 aliphatic heterocycles. The summed E-state index contributed by atoms with van der Waals surface area (Å²) in [6.07, 6.45) is 19.9. The van der Waals surface area contributed by atoms with Gasteiger partial charge in [-0.25, -0.2) is 0 Å². The van der Waals surface area contributed by atoms with Gasteiger partial charge in [0.25, 0.3) is 0 Å². The van der Waals surface area contributed by atoms with Crippen LogP contribution >= 0.6 is 0 Å². The van der Waals surface area contributed by atoms with Gasteiger partial charge in [0, 0.05) is 6.42 Å². The first-order chi connectivity index (χ1) is 14.9. The molecule has 0 radical (unpaired) electrons. The second kappa shape index (κ2) is 14.3. The molecule has 0 aromatic rings. The summed E-state index contributed by atoms with van der Waals surface area (Å²) in [6.45, 7) is 6.29. The third-order valence-corrected chi connectivity index (χ3v) is 6.39. The van der Waals surface area contributed by atoms with E-state index >= 15 is 0 Å². The van der Waals surface area contributed by atoms with Gasteiger partial charge in [-0.1, -0.05) is 70.4 Å². The molecule has 2 saturated heterocycles. The number of carbonyl (C=O) groups is 1. The zero-order chi connectivity index (χ0) is 22.5. The molecule has 2 fully saturated rings. The van der Waals surface area contributed by atoms with Crippen LogP contribution in [-0.2, 0) is 19.0 Å². The quantitative estimate of drug-likeness (QED) is 0.176. The molecule has 4 atom stereocenters. The fourth-order valence-electron chi connectivity index (χ4n) is 4.64. The summed E-state index contributed by atoms with van der Waals surface area (Å²) in [5, 5.41) is 10.1. The predicted octanol–water partition coefficient (Wildman–Crippen LogP) is 6.22. The lowest BCUT2D eigenvalue weighted by molar-refractivity contribution is -0.147. The van der Waals surface area contributed by atoms with E-state index in [1.54, 1.807) is 0 Å². The zero-order valence-corrected chi connectivity index (χ0v) is 20.2. The molecule has 1 N–H and O–H groups in total. The van der Waals surface area contributed by atoms with E-state index in [-0.39, 0.29) is 24.3 Å².